The maximum Gasteiger partial charge on any atom is 0.161 e. The number of rotatable bonds is 13. The summed E-state index contributed by atoms with van der Waals surface area (Å²) in [5.41, 5.74) is 1.20. The minimum Gasteiger partial charge on any atom is -0.493 e. The van der Waals surface area contributed by atoms with Crippen molar-refractivity contribution in [2.75, 3.05) is 47.1 Å². The van der Waals surface area contributed by atoms with E-state index in [9.17, 15) is 5.11 Å². The first-order valence-corrected chi connectivity index (χ1v) is 9.08. The Bertz CT molecular complexity index is 653. The first kappa shape index (κ1) is 24.0. The second-order valence-corrected chi connectivity index (χ2v) is 6.06. The predicted molar refractivity (Wildman–Crippen MR) is 112 cm³/mol. The molecule has 2 rings (SSSR count). The molecule has 156 valence electrons. The van der Waals surface area contributed by atoms with Gasteiger partial charge in [-0.25, -0.2) is 0 Å². The fourth-order valence-electron chi connectivity index (χ4n) is 2.46. The summed E-state index contributed by atoms with van der Waals surface area (Å²) in [5, 5.41) is 13.2. The molecule has 6 nitrogen and oxygen atoms in total. The quantitative estimate of drug-likeness (QED) is 0.494. The van der Waals surface area contributed by atoms with Crippen LogP contribution in [0, 0.1) is 0 Å². The Morgan fingerprint density at radius 2 is 1.64 bits per heavy atom. The van der Waals surface area contributed by atoms with Crippen molar-refractivity contribution in [3.05, 3.63) is 54.1 Å². The minimum atomic E-state index is -0.593. The number of ether oxygens (including phenoxy) is 4. The SMILES string of the molecule is COCCc1ccc(OC[C@@H](O)CNCCOc2ccccc2OC)cc1.Cl. The molecule has 0 radical (unpaired) electrons. The largest absolute Gasteiger partial charge is 0.493 e. The Hall–Kier alpha value is -1.99. The van der Waals surface area contributed by atoms with Crippen molar-refractivity contribution in [1.29, 1.82) is 0 Å². The van der Waals surface area contributed by atoms with Crippen molar-refractivity contribution in [1.82, 2.24) is 5.32 Å². The molecule has 0 aliphatic rings. The number of hydrogen-bond acceptors (Lipinski definition) is 6. The molecule has 0 amide bonds. The molecular formula is C21H30ClNO5. The summed E-state index contributed by atoms with van der Waals surface area (Å²) in [5.74, 6) is 2.16. The van der Waals surface area contributed by atoms with Gasteiger partial charge in [-0.2, -0.15) is 0 Å². The van der Waals surface area contributed by atoms with Gasteiger partial charge in [0.25, 0.3) is 0 Å². The van der Waals surface area contributed by atoms with Gasteiger partial charge in [-0.15, -0.1) is 12.4 Å². The highest BCUT2D eigenvalue weighted by Crippen LogP contribution is 2.25. The third kappa shape index (κ3) is 8.80. The van der Waals surface area contributed by atoms with E-state index in [0.29, 0.717) is 37.8 Å². The third-order valence-electron chi connectivity index (χ3n) is 3.95. The van der Waals surface area contributed by atoms with Crippen LogP contribution in [-0.2, 0) is 11.2 Å². The van der Waals surface area contributed by atoms with Crippen LogP contribution >= 0.6 is 12.4 Å². The van der Waals surface area contributed by atoms with Crippen molar-refractivity contribution in [2.45, 2.75) is 12.5 Å². The molecule has 0 bridgehead atoms. The Kier molecular flexibility index (Phi) is 12.1. The summed E-state index contributed by atoms with van der Waals surface area (Å²) in [7, 11) is 3.31. The molecule has 0 aromatic heterocycles. The van der Waals surface area contributed by atoms with Gasteiger partial charge in [-0.05, 0) is 36.2 Å². The van der Waals surface area contributed by atoms with Gasteiger partial charge in [-0.3, -0.25) is 0 Å². The normalized spacial score (nSPS) is 11.4. The lowest BCUT2D eigenvalue weighted by molar-refractivity contribution is 0.105. The average molecular weight is 412 g/mol. The fraction of sp³-hybridized carbons (Fsp3) is 0.429. The number of hydrogen-bond donors (Lipinski definition) is 2. The topological polar surface area (TPSA) is 69.2 Å². The highest BCUT2D eigenvalue weighted by Gasteiger charge is 2.06. The van der Waals surface area contributed by atoms with Gasteiger partial charge in [0.1, 0.15) is 25.1 Å². The summed E-state index contributed by atoms with van der Waals surface area (Å²) in [6.45, 7) is 2.46. The zero-order valence-corrected chi connectivity index (χ0v) is 17.2. The number of methoxy groups -OCH3 is 2. The van der Waals surface area contributed by atoms with Crippen molar-refractivity contribution in [2.24, 2.45) is 0 Å². The third-order valence-corrected chi connectivity index (χ3v) is 3.95. The lowest BCUT2D eigenvalue weighted by atomic mass is 10.1. The second-order valence-electron chi connectivity index (χ2n) is 6.06. The van der Waals surface area contributed by atoms with E-state index in [2.05, 4.69) is 5.32 Å². The van der Waals surface area contributed by atoms with Gasteiger partial charge < -0.3 is 29.4 Å². The maximum atomic E-state index is 10.0. The van der Waals surface area contributed by atoms with Gasteiger partial charge in [0.15, 0.2) is 11.5 Å². The summed E-state index contributed by atoms with van der Waals surface area (Å²) < 4.78 is 21.6. The Morgan fingerprint density at radius 1 is 0.929 bits per heavy atom. The van der Waals surface area contributed by atoms with Crippen LogP contribution in [-0.4, -0.2) is 58.3 Å². The van der Waals surface area contributed by atoms with Gasteiger partial charge in [0.2, 0.25) is 0 Å². The van der Waals surface area contributed by atoms with Crippen molar-refractivity contribution in [3.8, 4) is 17.2 Å². The van der Waals surface area contributed by atoms with E-state index in [-0.39, 0.29) is 19.0 Å². The molecule has 0 unspecified atom stereocenters. The van der Waals surface area contributed by atoms with Crippen molar-refractivity contribution in [3.63, 3.8) is 0 Å². The highest BCUT2D eigenvalue weighted by molar-refractivity contribution is 5.85. The van der Waals surface area contributed by atoms with Crippen LogP contribution in [0.4, 0.5) is 0 Å². The van der Waals surface area contributed by atoms with Crippen LogP contribution in [0.15, 0.2) is 48.5 Å². The van der Waals surface area contributed by atoms with Crippen molar-refractivity contribution >= 4 is 12.4 Å². The lowest BCUT2D eigenvalue weighted by Gasteiger charge is -2.14. The van der Waals surface area contributed by atoms with Crippen LogP contribution < -0.4 is 19.5 Å². The number of aliphatic hydroxyl groups is 1. The highest BCUT2D eigenvalue weighted by atomic mass is 35.5. The number of aliphatic hydroxyl groups excluding tert-OH is 1. The molecule has 2 N–H and O–H groups in total. The van der Waals surface area contributed by atoms with E-state index in [0.717, 1.165) is 12.2 Å². The minimum absolute atomic E-state index is 0. The summed E-state index contributed by atoms with van der Waals surface area (Å²) in [6.07, 6.45) is 0.282. The van der Waals surface area contributed by atoms with Gasteiger partial charge in [0, 0.05) is 20.2 Å². The molecule has 1 atom stereocenters. The van der Waals surface area contributed by atoms with E-state index < -0.39 is 6.10 Å². The lowest BCUT2D eigenvalue weighted by Crippen LogP contribution is -2.33. The van der Waals surface area contributed by atoms with E-state index in [1.165, 1.54) is 5.56 Å². The van der Waals surface area contributed by atoms with Crippen molar-refractivity contribution < 1.29 is 24.1 Å². The monoisotopic (exact) mass is 411 g/mol. The molecule has 0 aliphatic carbocycles. The molecule has 0 heterocycles. The Morgan fingerprint density at radius 3 is 2.32 bits per heavy atom. The molecule has 0 fully saturated rings. The van der Waals surface area contributed by atoms with Gasteiger partial charge >= 0.3 is 0 Å². The van der Waals surface area contributed by atoms with Gasteiger partial charge in [0.05, 0.1) is 13.7 Å². The van der Waals surface area contributed by atoms with E-state index in [1.807, 2.05) is 48.5 Å². The maximum absolute atomic E-state index is 10.0. The van der Waals surface area contributed by atoms with Crippen LogP contribution in [0.1, 0.15) is 5.56 Å². The summed E-state index contributed by atoms with van der Waals surface area (Å²) >= 11 is 0. The summed E-state index contributed by atoms with van der Waals surface area (Å²) in [4.78, 5) is 0. The molecule has 0 aliphatic heterocycles. The molecular weight excluding hydrogens is 382 g/mol. The van der Waals surface area contributed by atoms with Gasteiger partial charge in [-0.1, -0.05) is 24.3 Å². The predicted octanol–water partition coefficient (Wildman–Crippen LogP) is 2.71. The number of benzene rings is 2. The average Bonchev–Trinajstić information content (AvgIpc) is 2.71. The first-order chi connectivity index (χ1) is 13.2. The number of nitrogens with one attached hydrogen (secondary N) is 1. The molecule has 7 heteroatoms. The molecule has 2 aromatic carbocycles. The molecule has 0 spiro atoms. The molecule has 28 heavy (non-hydrogen) atoms. The van der Waals surface area contributed by atoms with Crippen LogP contribution in [0.5, 0.6) is 17.2 Å². The van der Waals surface area contributed by atoms with E-state index in [1.54, 1.807) is 14.2 Å². The first-order valence-electron chi connectivity index (χ1n) is 9.08. The fourth-order valence-corrected chi connectivity index (χ4v) is 2.46. The van der Waals surface area contributed by atoms with Crippen LogP contribution in [0.3, 0.4) is 0 Å². The number of halogens is 1. The molecule has 2 aromatic rings. The molecule has 0 saturated heterocycles. The number of para-hydroxylation sites is 2. The second kappa shape index (κ2) is 14.1. The van der Waals surface area contributed by atoms with Crippen LogP contribution in [0.2, 0.25) is 0 Å². The smallest absolute Gasteiger partial charge is 0.161 e. The zero-order valence-electron chi connectivity index (χ0n) is 16.4. The molecule has 0 saturated carbocycles. The van der Waals surface area contributed by atoms with E-state index >= 15 is 0 Å². The Balaban J connectivity index is 0.00000392. The van der Waals surface area contributed by atoms with Crippen LogP contribution in [0.25, 0.3) is 0 Å². The standard InChI is InChI=1S/C21H29NO5.ClH/c1-24-13-11-17-7-9-19(10-8-17)27-16-18(23)15-22-12-14-26-21-6-4-3-5-20(21)25-2;/h3-10,18,22-23H,11-16H2,1-2H3;1H/t18-;/m0./s1. The zero-order chi connectivity index (χ0) is 19.3. The van der Waals surface area contributed by atoms with E-state index in [4.69, 9.17) is 18.9 Å². The summed E-state index contributed by atoms with van der Waals surface area (Å²) in [6, 6.07) is 15.3. The Labute approximate surface area is 173 Å².